The van der Waals surface area contributed by atoms with Crippen LogP contribution in [0.2, 0.25) is 0 Å². The molecule has 3 rings (SSSR count). The molecular formula is C20H26N6O2S. The number of benzene rings is 1. The molecule has 0 atom stereocenters. The lowest BCUT2D eigenvalue weighted by Gasteiger charge is -2.08. The summed E-state index contributed by atoms with van der Waals surface area (Å²) in [6.45, 7) is 7.67. The van der Waals surface area contributed by atoms with Crippen LogP contribution < -0.4 is 11.0 Å². The molecule has 0 unspecified atom stereocenters. The molecule has 0 fully saturated rings. The van der Waals surface area contributed by atoms with Crippen LogP contribution in [0.3, 0.4) is 0 Å². The Hall–Kier alpha value is -2.81. The van der Waals surface area contributed by atoms with Crippen molar-refractivity contribution in [2.24, 2.45) is 0 Å². The molecule has 0 radical (unpaired) electrons. The normalized spacial score (nSPS) is 11.0. The minimum atomic E-state index is -0.244. The number of aromatic amines is 1. The third-order valence-electron chi connectivity index (χ3n) is 4.67. The minimum Gasteiger partial charge on any atom is -0.351 e. The summed E-state index contributed by atoms with van der Waals surface area (Å²) in [7, 11) is 0. The monoisotopic (exact) mass is 414 g/mol. The fraction of sp³-hybridized carbons (Fsp3) is 0.400. The molecule has 2 heterocycles. The van der Waals surface area contributed by atoms with Crippen molar-refractivity contribution in [3.8, 4) is 0 Å². The van der Waals surface area contributed by atoms with Crippen LogP contribution in [0, 0.1) is 13.8 Å². The summed E-state index contributed by atoms with van der Waals surface area (Å²) >= 11 is 1.25. The maximum absolute atomic E-state index is 12.3. The first-order chi connectivity index (χ1) is 14.0. The maximum Gasteiger partial charge on any atom is 0.343 e. The van der Waals surface area contributed by atoms with E-state index in [9.17, 15) is 9.59 Å². The maximum atomic E-state index is 12.3. The Morgan fingerprint density at radius 3 is 2.72 bits per heavy atom. The molecule has 0 aliphatic heterocycles. The largest absolute Gasteiger partial charge is 0.351 e. The molecule has 2 aromatic heterocycles. The minimum absolute atomic E-state index is 0.108. The van der Waals surface area contributed by atoms with Gasteiger partial charge >= 0.3 is 5.69 Å². The molecule has 154 valence electrons. The van der Waals surface area contributed by atoms with Gasteiger partial charge in [0.1, 0.15) is 0 Å². The molecule has 0 spiro atoms. The van der Waals surface area contributed by atoms with Crippen molar-refractivity contribution in [1.82, 2.24) is 29.9 Å². The number of carbonyl (C=O) groups is 1. The lowest BCUT2D eigenvalue weighted by Crippen LogP contribution is -2.25. The van der Waals surface area contributed by atoms with Crippen molar-refractivity contribution >= 4 is 17.7 Å². The number of amides is 1. The van der Waals surface area contributed by atoms with Gasteiger partial charge in [-0.05, 0) is 25.8 Å². The Morgan fingerprint density at radius 1 is 1.24 bits per heavy atom. The number of nitrogens with one attached hydrogen (secondary N) is 2. The van der Waals surface area contributed by atoms with Gasteiger partial charge in [0.25, 0.3) is 0 Å². The fourth-order valence-electron chi connectivity index (χ4n) is 3.10. The highest BCUT2D eigenvalue weighted by Crippen LogP contribution is 2.16. The molecule has 0 saturated carbocycles. The first kappa shape index (κ1) is 20.9. The number of carbonyl (C=O) groups excluding carboxylic acids is 1. The molecule has 9 heteroatoms. The number of H-pyrrole nitrogens is 1. The van der Waals surface area contributed by atoms with Crippen molar-refractivity contribution in [2.75, 3.05) is 5.75 Å². The zero-order valence-corrected chi connectivity index (χ0v) is 17.8. The lowest BCUT2D eigenvalue weighted by molar-refractivity contribution is -0.118. The summed E-state index contributed by atoms with van der Waals surface area (Å²) in [6, 6.07) is 10.2. The standard InChI is InChI=1S/C20H26N6O2S/c1-4-10-25-19(28)22-23-20(25)29-13-18(27)21-11-17-14(2)24-26(15(17)3)12-16-8-6-5-7-9-16/h5-9H,4,10-13H2,1-3H3,(H,21,27)(H,22,28). The summed E-state index contributed by atoms with van der Waals surface area (Å²) < 4.78 is 3.52. The van der Waals surface area contributed by atoms with E-state index in [2.05, 4.69) is 32.7 Å². The number of thioether (sulfide) groups is 1. The van der Waals surface area contributed by atoms with Crippen LogP contribution in [0.15, 0.2) is 40.3 Å². The first-order valence-corrected chi connectivity index (χ1v) is 10.6. The highest BCUT2D eigenvalue weighted by molar-refractivity contribution is 7.99. The summed E-state index contributed by atoms with van der Waals surface area (Å²) in [6.07, 6.45) is 0.824. The summed E-state index contributed by atoms with van der Waals surface area (Å²) in [5, 5.41) is 14.5. The van der Waals surface area contributed by atoms with E-state index in [4.69, 9.17) is 0 Å². The first-order valence-electron chi connectivity index (χ1n) is 9.61. The number of aromatic nitrogens is 5. The van der Waals surface area contributed by atoms with Crippen molar-refractivity contribution in [3.05, 3.63) is 63.3 Å². The van der Waals surface area contributed by atoms with E-state index in [-0.39, 0.29) is 17.3 Å². The van der Waals surface area contributed by atoms with Gasteiger partial charge in [-0.2, -0.15) is 5.10 Å². The van der Waals surface area contributed by atoms with Crippen LogP contribution in [0.25, 0.3) is 0 Å². The van der Waals surface area contributed by atoms with Crippen LogP contribution in [0.4, 0.5) is 0 Å². The van der Waals surface area contributed by atoms with Gasteiger partial charge in [0.2, 0.25) is 5.91 Å². The van der Waals surface area contributed by atoms with Crippen molar-refractivity contribution < 1.29 is 4.79 Å². The van der Waals surface area contributed by atoms with E-state index in [0.29, 0.717) is 24.8 Å². The van der Waals surface area contributed by atoms with Gasteiger partial charge in [0.15, 0.2) is 5.16 Å². The van der Waals surface area contributed by atoms with E-state index in [1.807, 2.05) is 43.7 Å². The average Bonchev–Trinajstić information content (AvgIpc) is 3.19. The van der Waals surface area contributed by atoms with Gasteiger partial charge in [0, 0.05) is 24.3 Å². The van der Waals surface area contributed by atoms with E-state index < -0.39 is 0 Å². The number of nitrogens with zero attached hydrogens (tertiary/aromatic N) is 4. The Labute approximate surface area is 173 Å². The molecule has 2 N–H and O–H groups in total. The van der Waals surface area contributed by atoms with Gasteiger partial charge in [0.05, 0.1) is 18.0 Å². The van der Waals surface area contributed by atoms with Gasteiger partial charge in [-0.25, -0.2) is 9.89 Å². The second-order valence-electron chi connectivity index (χ2n) is 6.82. The Morgan fingerprint density at radius 2 is 2.00 bits per heavy atom. The second-order valence-corrected chi connectivity index (χ2v) is 7.76. The van der Waals surface area contributed by atoms with Crippen molar-refractivity contribution in [3.63, 3.8) is 0 Å². The smallest absolute Gasteiger partial charge is 0.343 e. The number of hydrogen-bond donors (Lipinski definition) is 2. The van der Waals surface area contributed by atoms with Crippen LogP contribution in [-0.2, 0) is 24.4 Å². The summed E-state index contributed by atoms with van der Waals surface area (Å²) in [4.78, 5) is 24.0. The molecule has 29 heavy (non-hydrogen) atoms. The third-order valence-corrected chi connectivity index (χ3v) is 5.65. The number of rotatable bonds is 9. The van der Waals surface area contributed by atoms with E-state index in [1.165, 1.54) is 17.3 Å². The van der Waals surface area contributed by atoms with E-state index >= 15 is 0 Å². The van der Waals surface area contributed by atoms with Crippen molar-refractivity contribution in [2.45, 2.75) is 52.0 Å². The highest BCUT2D eigenvalue weighted by Gasteiger charge is 2.14. The predicted molar refractivity (Wildman–Crippen MR) is 113 cm³/mol. The van der Waals surface area contributed by atoms with Crippen LogP contribution in [0.5, 0.6) is 0 Å². The average molecular weight is 415 g/mol. The molecule has 0 saturated heterocycles. The van der Waals surface area contributed by atoms with Crippen LogP contribution >= 0.6 is 11.8 Å². The SMILES string of the molecule is CCCn1c(SCC(=O)NCc2c(C)nn(Cc3ccccc3)c2C)n[nH]c1=O. The zero-order valence-electron chi connectivity index (χ0n) is 16.9. The quantitative estimate of drug-likeness (QED) is 0.524. The fourth-order valence-corrected chi connectivity index (χ4v) is 3.90. The molecule has 0 aliphatic carbocycles. The third kappa shape index (κ3) is 5.17. The Kier molecular flexibility index (Phi) is 6.92. The number of hydrogen-bond acceptors (Lipinski definition) is 5. The number of aryl methyl sites for hydroxylation is 1. The summed E-state index contributed by atoms with van der Waals surface area (Å²) in [5.74, 6) is 0.0904. The van der Waals surface area contributed by atoms with Gasteiger partial charge in [-0.15, -0.1) is 5.10 Å². The Bertz CT molecular complexity index is 1020. The summed E-state index contributed by atoms with van der Waals surface area (Å²) in [5.41, 5.74) is 3.93. The molecule has 3 aromatic rings. The van der Waals surface area contributed by atoms with Crippen molar-refractivity contribution in [1.29, 1.82) is 0 Å². The molecule has 1 amide bonds. The topological polar surface area (TPSA) is 97.6 Å². The second kappa shape index (κ2) is 9.60. The van der Waals surface area contributed by atoms with Gasteiger partial charge in [-0.1, -0.05) is 49.0 Å². The van der Waals surface area contributed by atoms with Crippen LogP contribution in [-0.4, -0.2) is 36.2 Å². The van der Waals surface area contributed by atoms with E-state index in [1.54, 1.807) is 4.57 Å². The molecular weight excluding hydrogens is 388 g/mol. The van der Waals surface area contributed by atoms with Crippen LogP contribution in [0.1, 0.15) is 35.9 Å². The molecule has 8 nitrogen and oxygen atoms in total. The molecule has 1 aromatic carbocycles. The highest BCUT2D eigenvalue weighted by atomic mass is 32.2. The lowest BCUT2D eigenvalue weighted by atomic mass is 10.2. The zero-order chi connectivity index (χ0) is 20.8. The predicted octanol–water partition coefficient (Wildman–Crippen LogP) is 2.25. The van der Waals surface area contributed by atoms with Gasteiger partial charge in [-0.3, -0.25) is 14.0 Å². The Balaban J connectivity index is 1.57. The molecule has 0 aliphatic rings. The van der Waals surface area contributed by atoms with Gasteiger partial charge < -0.3 is 5.32 Å². The van der Waals surface area contributed by atoms with E-state index in [0.717, 1.165) is 23.4 Å². The molecule has 0 bridgehead atoms.